The highest BCUT2D eigenvalue weighted by atomic mass is 16.2. The third-order valence-corrected chi connectivity index (χ3v) is 5.11. The van der Waals surface area contributed by atoms with Crippen molar-refractivity contribution in [2.75, 3.05) is 0 Å². The molecule has 3 aromatic rings. The van der Waals surface area contributed by atoms with Gasteiger partial charge in [0.15, 0.2) is 5.69 Å². The molecule has 0 bridgehead atoms. The van der Waals surface area contributed by atoms with E-state index in [2.05, 4.69) is 21.6 Å². The SMILES string of the molecule is Cc1cccc(CN(C(=O)C(C)NC(=O)c2n[nH]c3ccccc23)C2CC2)c1. The Balaban J connectivity index is 1.47. The molecule has 1 heterocycles. The Labute approximate surface area is 163 Å². The number of hydrogen-bond donors (Lipinski definition) is 2. The van der Waals surface area contributed by atoms with Crippen molar-refractivity contribution in [1.29, 1.82) is 0 Å². The van der Waals surface area contributed by atoms with Crippen molar-refractivity contribution >= 4 is 22.7 Å². The van der Waals surface area contributed by atoms with E-state index in [0.29, 0.717) is 12.2 Å². The molecular weight excluding hydrogens is 352 g/mol. The molecule has 1 atom stereocenters. The average Bonchev–Trinajstić information content (AvgIpc) is 3.43. The molecule has 2 aromatic carbocycles. The van der Waals surface area contributed by atoms with Gasteiger partial charge in [-0.25, -0.2) is 0 Å². The summed E-state index contributed by atoms with van der Waals surface area (Å²) in [7, 11) is 0. The fourth-order valence-corrected chi connectivity index (χ4v) is 3.49. The first-order valence-electron chi connectivity index (χ1n) is 9.63. The minimum Gasteiger partial charge on any atom is -0.339 e. The predicted octanol–water partition coefficient (Wildman–Crippen LogP) is 3.18. The van der Waals surface area contributed by atoms with Crippen LogP contribution >= 0.6 is 0 Å². The first kappa shape index (κ1) is 18.2. The number of rotatable bonds is 6. The Hall–Kier alpha value is -3.15. The van der Waals surface area contributed by atoms with Gasteiger partial charge in [0.25, 0.3) is 5.91 Å². The highest BCUT2D eigenvalue weighted by Crippen LogP contribution is 2.29. The lowest BCUT2D eigenvalue weighted by Gasteiger charge is -2.26. The number of fused-ring (bicyclic) bond motifs is 1. The molecule has 1 saturated carbocycles. The van der Waals surface area contributed by atoms with Crippen LogP contribution in [-0.4, -0.2) is 39.0 Å². The summed E-state index contributed by atoms with van der Waals surface area (Å²) in [4.78, 5) is 27.6. The van der Waals surface area contributed by atoms with Crippen LogP contribution in [0.4, 0.5) is 0 Å². The van der Waals surface area contributed by atoms with Crippen LogP contribution in [0.5, 0.6) is 0 Å². The monoisotopic (exact) mass is 376 g/mol. The number of benzene rings is 2. The van der Waals surface area contributed by atoms with E-state index in [0.717, 1.165) is 29.3 Å². The summed E-state index contributed by atoms with van der Waals surface area (Å²) < 4.78 is 0. The van der Waals surface area contributed by atoms with Crippen LogP contribution in [0.3, 0.4) is 0 Å². The van der Waals surface area contributed by atoms with Gasteiger partial charge < -0.3 is 10.2 Å². The molecule has 1 unspecified atom stereocenters. The topological polar surface area (TPSA) is 78.1 Å². The van der Waals surface area contributed by atoms with Crippen molar-refractivity contribution in [3.63, 3.8) is 0 Å². The molecule has 0 aliphatic heterocycles. The van der Waals surface area contributed by atoms with E-state index >= 15 is 0 Å². The zero-order chi connectivity index (χ0) is 19.7. The number of para-hydroxylation sites is 1. The number of carbonyl (C=O) groups is 2. The first-order valence-corrected chi connectivity index (χ1v) is 9.63. The van der Waals surface area contributed by atoms with E-state index in [9.17, 15) is 9.59 Å². The van der Waals surface area contributed by atoms with Gasteiger partial charge in [-0.1, -0.05) is 48.0 Å². The molecule has 6 nitrogen and oxygen atoms in total. The zero-order valence-corrected chi connectivity index (χ0v) is 16.1. The second-order valence-electron chi connectivity index (χ2n) is 7.50. The standard InChI is InChI=1S/C22H24N4O2/c1-14-6-5-7-16(12-14)13-26(17-10-11-17)22(28)15(2)23-21(27)20-18-8-3-4-9-19(18)24-25-20/h3-9,12,15,17H,10-11,13H2,1-2H3,(H,23,27)(H,24,25). The van der Waals surface area contributed by atoms with Crippen molar-refractivity contribution in [2.24, 2.45) is 0 Å². The Bertz CT molecular complexity index is 1020. The number of aromatic amines is 1. The molecule has 2 N–H and O–H groups in total. The van der Waals surface area contributed by atoms with Gasteiger partial charge in [0.1, 0.15) is 6.04 Å². The number of nitrogens with one attached hydrogen (secondary N) is 2. The Morgan fingerprint density at radius 3 is 2.75 bits per heavy atom. The maximum absolute atomic E-state index is 13.1. The molecule has 0 spiro atoms. The minimum absolute atomic E-state index is 0.0582. The van der Waals surface area contributed by atoms with Crippen molar-refractivity contribution in [2.45, 2.75) is 45.3 Å². The van der Waals surface area contributed by atoms with Crippen molar-refractivity contribution in [3.8, 4) is 0 Å². The van der Waals surface area contributed by atoms with Crippen LogP contribution in [0.2, 0.25) is 0 Å². The summed E-state index contributed by atoms with van der Waals surface area (Å²) in [5.41, 5.74) is 3.39. The van der Waals surface area contributed by atoms with Gasteiger partial charge in [0.2, 0.25) is 5.91 Å². The number of hydrogen-bond acceptors (Lipinski definition) is 3. The third kappa shape index (κ3) is 3.76. The average molecular weight is 376 g/mol. The van der Waals surface area contributed by atoms with Gasteiger partial charge >= 0.3 is 0 Å². The maximum atomic E-state index is 13.1. The van der Waals surface area contributed by atoms with Crippen molar-refractivity contribution < 1.29 is 9.59 Å². The summed E-state index contributed by atoms with van der Waals surface area (Å²) in [5, 5.41) is 10.5. The molecule has 1 aliphatic rings. The minimum atomic E-state index is -0.617. The molecule has 1 aromatic heterocycles. The number of H-pyrrole nitrogens is 1. The van der Waals surface area contributed by atoms with E-state index in [1.807, 2.05) is 54.3 Å². The van der Waals surface area contributed by atoms with Crippen LogP contribution < -0.4 is 5.32 Å². The number of carbonyl (C=O) groups excluding carboxylic acids is 2. The third-order valence-electron chi connectivity index (χ3n) is 5.11. The van der Waals surface area contributed by atoms with Crippen LogP contribution in [0.1, 0.15) is 41.4 Å². The molecule has 0 saturated heterocycles. The molecule has 28 heavy (non-hydrogen) atoms. The lowest BCUT2D eigenvalue weighted by Crippen LogP contribution is -2.47. The van der Waals surface area contributed by atoms with Crippen LogP contribution in [0.25, 0.3) is 10.9 Å². The van der Waals surface area contributed by atoms with E-state index in [4.69, 9.17) is 0 Å². The molecule has 1 aliphatic carbocycles. The molecule has 0 radical (unpaired) electrons. The van der Waals surface area contributed by atoms with Gasteiger partial charge in [-0.2, -0.15) is 5.10 Å². The number of aromatic nitrogens is 2. The first-order chi connectivity index (χ1) is 13.5. The highest BCUT2D eigenvalue weighted by molar-refractivity contribution is 6.05. The Morgan fingerprint density at radius 2 is 2.00 bits per heavy atom. The van der Waals surface area contributed by atoms with Crippen LogP contribution in [0.15, 0.2) is 48.5 Å². The smallest absolute Gasteiger partial charge is 0.273 e. The largest absolute Gasteiger partial charge is 0.339 e. The van der Waals surface area contributed by atoms with Crippen molar-refractivity contribution in [1.82, 2.24) is 20.4 Å². The molecule has 1 fully saturated rings. The van der Waals surface area contributed by atoms with Gasteiger partial charge in [0.05, 0.1) is 5.52 Å². The molecule has 2 amide bonds. The second kappa shape index (κ2) is 7.46. The summed E-state index contributed by atoms with van der Waals surface area (Å²) in [6, 6.07) is 15.3. The summed E-state index contributed by atoms with van der Waals surface area (Å²) in [5.74, 6) is -0.401. The Kier molecular flexibility index (Phi) is 4.86. The molecule has 144 valence electrons. The maximum Gasteiger partial charge on any atom is 0.273 e. The molecule has 4 rings (SSSR count). The Morgan fingerprint density at radius 1 is 1.21 bits per heavy atom. The lowest BCUT2D eigenvalue weighted by atomic mass is 10.1. The van der Waals surface area contributed by atoms with Gasteiger partial charge in [0, 0.05) is 18.0 Å². The summed E-state index contributed by atoms with van der Waals surface area (Å²) in [6.07, 6.45) is 2.03. The highest BCUT2D eigenvalue weighted by Gasteiger charge is 2.35. The van der Waals surface area contributed by atoms with E-state index in [1.165, 1.54) is 5.56 Å². The number of nitrogens with zero attached hydrogens (tertiary/aromatic N) is 2. The van der Waals surface area contributed by atoms with Crippen LogP contribution in [0, 0.1) is 6.92 Å². The zero-order valence-electron chi connectivity index (χ0n) is 16.1. The predicted molar refractivity (Wildman–Crippen MR) is 108 cm³/mol. The summed E-state index contributed by atoms with van der Waals surface area (Å²) in [6.45, 7) is 4.35. The van der Waals surface area contributed by atoms with Crippen LogP contribution in [-0.2, 0) is 11.3 Å². The summed E-state index contributed by atoms with van der Waals surface area (Å²) >= 11 is 0. The van der Waals surface area contributed by atoms with Gasteiger partial charge in [-0.05, 0) is 38.3 Å². The molecular formula is C22H24N4O2. The fraction of sp³-hybridized carbons (Fsp3) is 0.318. The van der Waals surface area contributed by atoms with Crippen molar-refractivity contribution in [3.05, 3.63) is 65.4 Å². The van der Waals surface area contributed by atoms with Gasteiger partial charge in [-0.15, -0.1) is 0 Å². The fourth-order valence-electron chi connectivity index (χ4n) is 3.49. The number of amides is 2. The quantitative estimate of drug-likeness (QED) is 0.694. The van der Waals surface area contributed by atoms with E-state index in [1.54, 1.807) is 6.92 Å². The second-order valence-corrected chi connectivity index (χ2v) is 7.50. The normalized spacial score (nSPS) is 14.6. The molecule has 6 heteroatoms. The van der Waals surface area contributed by atoms with Gasteiger partial charge in [-0.3, -0.25) is 14.7 Å². The van der Waals surface area contributed by atoms with E-state index < -0.39 is 6.04 Å². The number of aryl methyl sites for hydroxylation is 1. The van der Waals surface area contributed by atoms with E-state index in [-0.39, 0.29) is 17.9 Å². The lowest BCUT2D eigenvalue weighted by molar-refractivity contribution is -0.134.